The maximum Gasteiger partial charge on any atom is 0.185 e. The number of alkyl halides is 1. The molecule has 2 nitrogen and oxygen atoms in total. The van der Waals surface area contributed by atoms with Crippen LogP contribution in [0.3, 0.4) is 0 Å². The first-order valence-electron chi connectivity index (χ1n) is 5.06. The minimum atomic E-state index is 0.313. The highest BCUT2D eigenvalue weighted by molar-refractivity contribution is 7.13. The molecule has 1 atom stereocenters. The molecule has 0 amide bonds. The summed E-state index contributed by atoms with van der Waals surface area (Å²) in [6.07, 6.45) is 4.27. The number of aromatic nitrogens is 1. The summed E-state index contributed by atoms with van der Waals surface area (Å²) in [5.41, 5.74) is 0. The summed E-state index contributed by atoms with van der Waals surface area (Å²) in [4.78, 5) is 6.68. The zero-order valence-corrected chi connectivity index (χ0v) is 9.89. The molecule has 0 radical (unpaired) electrons. The molecule has 4 heteroatoms. The van der Waals surface area contributed by atoms with Crippen molar-refractivity contribution in [3.63, 3.8) is 0 Å². The van der Waals surface area contributed by atoms with Crippen molar-refractivity contribution in [2.75, 3.05) is 18.0 Å². The van der Waals surface area contributed by atoms with Gasteiger partial charge in [-0.05, 0) is 25.7 Å². The van der Waals surface area contributed by atoms with Gasteiger partial charge in [0, 0.05) is 30.0 Å². The zero-order chi connectivity index (χ0) is 9.97. The lowest BCUT2D eigenvalue weighted by Gasteiger charge is -2.32. The van der Waals surface area contributed by atoms with E-state index in [0.29, 0.717) is 11.3 Å². The van der Waals surface area contributed by atoms with Crippen LogP contribution in [0.1, 0.15) is 19.8 Å². The van der Waals surface area contributed by atoms with Crippen LogP contribution < -0.4 is 4.90 Å². The third-order valence-electron chi connectivity index (χ3n) is 2.88. The molecule has 14 heavy (non-hydrogen) atoms. The van der Waals surface area contributed by atoms with Gasteiger partial charge in [-0.2, -0.15) is 0 Å². The van der Waals surface area contributed by atoms with Gasteiger partial charge in [-0.25, -0.2) is 4.98 Å². The number of piperidine rings is 1. The van der Waals surface area contributed by atoms with Crippen molar-refractivity contribution in [1.82, 2.24) is 4.98 Å². The molecule has 0 aliphatic carbocycles. The van der Waals surface area contributed by atoms with Gasteiger partial charge in [-0.3, -0.25) is 0 Å². The number of thiazole rings is 1. The van der Waals surface area contributed by atoms with Crippen LogP contribution in [0.4, 0.5) is 5.13 Å². The van der Waals surface area contributed by atoms with Gasteiger partial charge >= 0.3 is 0 Å². The van der Waals surface area contributed by atoms with Gasteiger partial charge < -0.3 is 4.90 Å². The fraction of sp³-hybridized carbons (Fsp3) is 0.700. The summed E-state index contributed by atoms with van der Waals surface area (Å²) in [7, 11) is 0. The van der Waals surface area contributed by atoms with E-state index in [2.05, 4.69) is 16.8 Å². The molecule has 2 heterocycles. The van der Waals surface area contributed by atoms with E-state index in [9.17, 15) is 0 Å². The summed E-state index contributed by atoms with van der Waals surface area (Å²) in [5, 5.41) is 3.50. The quantitative estimate of drug-likeness (QED) is 0.727. The van der Waals surface area contributed by atoms with Crippen molar-refractivity contribution in [1.29, 1.82) is 0 Å². The topological polar surface area (TPSA) is 16.1 Å². The van der Waals surface area contributed by atoms with Crippen molar-refractivity contribution >= 4 is 28.1 Å². The van der Waals surface area contributed by atoms with Crippen molar-refractivity contribution in [2.45, 2.75) is 25.1 Å². The second-order valence-electron chi connectivity index (χ2n) is 3.82. The predicted molar refractivity (Wildman–Crippen MR) is 62.4 cm³/mol. The highest BCUT2D eigenvalue weighted by Crippen LogP contribution is 2.28. The number of rotatable bonds is 2. The molecule has 1 aromatic heterocycles. The van der Waals surface area contributed by atoms with Crippen molar-refractivity contribution in [3.05, 3.63) is 11.6 Å². The van der Waals surface area contributed by atoms with E-state index in [4.69, 9.17) is 11.6 Å². The van der Waals surface area contributed by atoms with Gasteiger partial charge in [0.25, 0.3) is 0 Å². The van der Waals surface area contributed by atoms with Crippen LogP contribution in [0.25, 0.3) is 0 Å². The lowest BCUT2D eigenvalue weighted by atomic mass is 9.94. The standard InChI is InChI=1S/C10H15ClN2S/c1-8(11)9-2-5-13(6-3-9)10-12-4-7-14-10/h4,7-9H,2-3,5-6H2,1H3. The molecule has 1 aliphatic heterocycles. The molecular weight excluding hydrogens is 216 g/mol. The van der Waals surface area contributed by atoms with Crippen LogP contribution in [-0.4, -0.2) is 23.5 Å². The Hall–Kier alpha value is -0.280. The molecule has 0 spiro atoms. The van der Waals surface area contributed by atoms with Crippen LogP contribution in [0.15, 0.2) is 11.6 Å². The van der Waals surface area contributed by atoms with Gasteiger partial charge in [0.05, 0.1) is 0 Å². The second-order valence-corrected chi connectivity index (χ2v) is 5.38. The molecule has 1 fully saturated rings. The van der Waals surface area contributed by atoms with Crippen molar-refractivity contribution in [2.24, 2.45) is 5.92 Å². The number of hydrogen-bond acceptors (Lipinski definition) is 3. The molecule has 0 N–H and O–H groups in total. The Bertz CT molecular complexity index is 266. The second kappa shape index (κ2) is 4.49. The van der Waals surface area contributed by atoms with Crippen LogP contribution in [0, 0.1) is 5.92 Å². The Morgan fingerprint density at radius 2 is 2.29 bits per heavy atom. The molecule has 1 unspecified atom stereocenters. The number of anilines is 1. The first-order valence-corrected chi connectivity index (χ1v) is 6.37. The van der Waals surface area contributed by atoms with Crippen LogP contribution >= 0.6 is 22.9 Å². The largest absolute Gasteiger partial charge is 0.348 e. The molecule has 1 aliphatic rings. The minimum Gasteiger partial charge on any atom is -0.348 e. The maximum absolute atomic E-state index is 6.10. The van der Waals surface area contributed by atoms with Gasteiger partial charge in [-0.15, -0.1) is 22.9 Å². The Kier molecular flexibility index (Phi) is 3.29. The predicted octanol–water partition coefficient (Wildman–Crippen LogP) is 2.99. The van der Waals surface area contributed by atoms with E-state index in [-0.39, 0.29) is 0 Å². The lowest BCUT2D eigenvalue weighted by Crippen LogP contribution is -2.35. The number of hydrogen-bond donors (Lipinski definition) is 0. The van der Waals surface area contributed by atoms with Gasteiger partial charge in [0.15, 0.2) is 5.13 Å². The molecule has 2 rings (SSSR count). The molecule has 0 saturated carbocycles. The van der Waals surface area contributed by atoms with E-state index in [1.54, 1.807) is 11.3 Å². The Morgan fingerprint density at radius 1 is 1.57 bits per heavy atom. The molecule has 0 bridgehead atoms. The number of nitrogens with zero attached hydrogens (tertiary/aromatic N) is 2. The zero-order valence-electron chi connectivity index (χ0n) is 8.32. The van der Waals surface area contributed by atoms with E-state index < -0.39 is 0 Å². The first-order chi connectivity index (χ1) is 6.77. The Labute approximate surface area is 93.9 Å². The first kappa shape index (κ1) is 10.2. The molecule has 0 aromatic carbocycles. The van der Waals surface area contributed by atoms with E-state index >= 15 is 0 Å². The Balaban J connectivity index is 1.90. The van der Waals surface area contributed by atoms with Gasteiger partial charge in [0.1, 0.15) is 0 Å². The van der Waals surface area contributed by atoms with Crippen LogP contribution in [0.2, 0.25) is 0 Å². The highest BCUT2D eigenvalue weighted by atomic mass is 35.5. The van der Waals surface area contributed by atoms with Gasteiger partial charge in [0.2, 0.25) is 0 Å². The monoisotopic (exact) mass is 230 g/mol. The average Bonchev–Trinajstić information content (AvgIpc) is 2.71. The smallest absolute Gasteiger partial charge is 0.185 e. The van der Waals surface area contributed by atoms with E-state index in [1.165, 1.54) is 12.8 Å². The lowest BCUT2D eigenvalue weighted by molar-refractivity contribution is 0.400. The van der Waals surface area contributed by atoms with Crippen molar-refractivity contribution < 1.29 is 0 Å². The highest BCUT2D eigenvalue weighted by Gasteiger charge is 2.23. The summed E-state index contributed by atoms with van der Waals surface area (Å²) >= 11 is 7.82. The van der Waals surface area contributed by atoms with Crippen molar-refractivity contribution in [3.8, 4) is 0 Å². The van der Waals surface area contributed by atoms with E-state index in [0.717, 1.165) is 18.2 Å². The summed E-state index contributed by atoms with van der Waals surface area (Å²) in [6, 6.07) is 0. The number of halogens is 1. The third-order valence-corrected chi connectivity index (χ3v) is 4.07. The molecular formula is C10H15ClN2S. The molecule has 1 saturated heterocycles. The minimum absolute atomic E-state index is 0.313. The van der Waals surface area contributed by atoms with E-state index in [1.807, 2.05) is 11.6 Å². The normalized spacial score (nSPS) is 21.1. The van der Waals surface area contributed by atoms with Crippen LogP contribution in [0.5, 0.6) is 0 Å². The van der Waals surface area contributed by atoms with Crippen LogP contribution in [-0.2, 0) is 0 Å². The molecule has 78 valence electrons. The maximum atomic E-state index is 6.10. The average molecular weight is 231 g/mol. The fourth-order valence-corrected chi connectivity index (χ4v) is 2.87. The Morgan fingerprint density at radius 3 is 2.79 bits per heavy atom. The summed E-state index contributed by atoms with van der Waals surface area (Å²) in [6.45, 7) is 4.32. The SMILES string of the molecule is CC(Cl)C1CCN(c2nccs2)CC1. The summed E-state index contributed by atoms with van der Waals surface area (Å²) in [5.74, 6) is 0.688. The fourth-order valence-electron chi connectivity index (χ4n) is 1.92. The third kappa shape index (κ3) is 2.20. The summed E-state index contributed by atoms with van der Waals surface area (Å²) < 4.78 is 0. The van der Waals surface area contributed by atoms with Gasteiger partial charge in [-0.1, -0.05) is 0 Å². The molecule has 1 aromatic rings.